The van der Waals surface area contributed by atoms with Crippen molar-refractivity contribution in [1.82, 2.24) is 0 Å². The Balaban J connectivity index is 2.70. The molecule has 5 heteroatoms. The number of hydrogen-bond acceptors (Lipinski definition) is 3. The molecule has 0 fully saturated rings. The van der Waals surface area contributed by atoms with Gasteiger partial charge in [0.1, 0.15) is 4.88 Å². The summed E-state index contributed by atoms with van der Waals surface area (Å²) < 4.78 is 5.90. The number of hydrogen-bond donors (Lipinski definition) is 0. The highest BCUT2D eigenvalue weighted by molar-refractivity contribution is 7.18. The molecular weight excluding hydrogens is 224 g/mol. The van der Waals surface area contributed by atoms with Gasteiger partial charge in [-0.3, -0.25) is 0 Å². The van der Waals surface area contributed by atoms with Gasteiger partial charge < -0.3 is 4.43 Å². The first kappa shape index (κ1) is 10.8. The van der Waals surface area contributed by atoms with E-state index in [-0.39, 0.29) is 5.97 Å². The standard InChI is InChI=1S/C8H11ClO2SSi/c1-13(2,3)11-8(10)6-4-5-7(9)12-6/h4-5H,1-3H3. The lowest BCUT2D eigenvalue weighted by molar-refractivity contribution is 0.0730. The summed E-state index contributed by atoms with van der Waals surface area (Å²) in [6, 6.07) is 3.39. The van der Waals surface area contributed by atoms with E-state index in [1.807, 2.05) is 19.6 Å². The van der Waals surface area contributed by atoms with Crippen LogP contribution >= 0.6 is 22.9 Å². The number of rotatable bonds is 2. The SMILES string of the molecule is C[Si](C)(C)OC(=O)c1ccc(Cl)s1. The van der Waals surface area contributed by atoms with E-state index in [1.54, 1.807) is 12.1 Å². The van der Waals surface area contributed by atoms with Gasteiger partial charge in [0.05, 0.1) is 4.34 Å². The third-order valence-corrected chi connectivity index (χ3v) is 3.18. The Morgan fingerprint density at radius 3 is 2.46 bits per heavy atom. The lowest BCUT2D eigenvalue weighted by Crippen LogP contribution is -2.28. The molecule has 0 bridgehead atoms. The Morgan fingerprint density at radius 2 is 2.08 bits per heavy atom. The molecule has 0 saturated heterocycles. The Bertz CT molecular complexity index is 316. The number of carbonyl (C=O) groups is 1. The minimum Gasteiger partial charge on any atom is -0.516 e. The van der Waals surface area contributed by atoms with Crippen LogP contribution in [0.2, 0.25) is 24.0 Å². The van der Waals surface area contributed by atoms with E-state index in [9.17, 15) is 4.79 Å². The van der Waals surface area contributed by atoms with Crippen LogP contribution in [0.15, 0.2) is 12.1 Å². The molecule has 0 radical (unpaired) electrons. The van der Waals surface area contributed by atoms with Crippen LogP contribution in [0, 0.1) is 0 Å². The van der Waals surface area contributed by atoms with E-state index in [1.165, 1.54) is 11.3 Å². The van der Waals surface area contributed by atoms with E-state index in [4.69, 9.17) is 16.0 Å². The second-order valence-corrected chi connectivity index (χ2v) is 9.75. The van der Waals surface area contributed by atoms with Crippen LogP contribution in [-0.4, -0.2) is 14.3 Å². The quantitative estimate of drug-likeness (QED) is 0.734. The Hall–Kier alpha value is -0.323. The van der Waals surface area contributed by atoms with Crippen LogP contribution in [0.25, 0.3) is 0 Å². The third kappa shape index (κ3) is 3.50. The molecule has 1 heterocycles. The highest BCUT2D eigenvalue weighted by Gasteiger charge is 2.21. The van der Waals surface area contributed by atoms with Gasteiger partial charge in [0.25, 0.3) is 0 Å². The fraction of sp³-hybridized carbons (Fsp3) is 0.375. The molecule has 1 aromatic heterocycles. The van der Waals surface area contributed by atoms with Crippen LogP contribution in [0.1, 0.15) is 9.67 Å². The van der Waals surface area contributed by atoms with E-state index in [2.05, 4.69) is 0 Å². The summed E-state index contributed by atoms with van der Waals surface area (Å²) in [5, 5.41) is 0. The Labute approximate surface area is 87.6 Å². The molecule has 0 N–H and O–H groups in total. The first-order valence-corrected chi connectivity index (χ1v) is 8.47. The summed E-state index contributed by atoms with van der Waals surface area (Å²) in [6.45, 7) is 5.92. The summed E-state index contributed by atoms with van der Waals surface area (Å²) in [5.41, 5.74) is 0. The van der Waals surface area contributed by atoms with Crippen molar-refractivity contribution < 1.29 is 9.22 Å². The van der Waals surface area contributed by atoms with Crippen LogP contribution in [0.4, 0.5) is 0 Å². The molecule has 0 amide bonds. The average Bonchev–Trinajstić information content (AvgIpc) is 2.31. The molecule has 0 atom stereocenters. The number of halogens is 1. The van der Waals surface area contributed by atoms with Crippen molar-refractivity contribution in [3.05, 3.63) is 21.3 Å². The normalized spacial score (nSPS) is 11.4. The maximum atomic E-state index is 11.4. The van der Waals surface area contributed by atoms with E-state index in [0.29, 0.717) is 9.21 Å². The van der Waals surface area contributed by atoms with E-state index in [0.717, 1.165) is 0 Å². The summed E-state index contributed by atoms with van der Waals surface area (Å²) in [7, 11) is -1.78. The number of thiophene rings is 1. The summed E-state index contributed by atoms with van der Waals surface area (Å²) in [4.78, 5) is 12.0. The molecule has 72 valence electrons. The molecular formula is C8H11ClO2SSi. The molecule has 13 heavy (non-hydrogen) atoms. The molecule has 0 spiro atoms. The molecule has 1 rings (SSSR count). The third-order valence-electron chi connectivity index (χ3n) is 1.17. The van der Waals surface area contributed by atoms with Gasteiger partial charge in [0.2, 0.25) is 8.32 Å². The van der Waals surface area contributed by atoms with E-state index < -0.39 is 8.32 Å². The summed E-state index contributed by atoms with van der Waals surface area (Å²) in [6.07, 6.45) is 0. The first-order chi connectivity index (χ1) is 5.88. The smallest absolute Gasteiger partial charge is 0.335 e. The fourth-order valence-electron chi connectivity index (χ4n) is 0.752. The van der Waals surface area contributed by atoms with Crippen LogP contribution in [-0.2, 0) is 4.43 Å². The van der Waals surface area contributed by atoms with Gasteiger partial charge in [-0.1, -0.05) is 11.6 Å². The van der Waals surface area contributed by atoms with Gasteiger partial charge in [-0.15, -0.1) is 11.3 Å². The van der Waals surface area contributed by atoms with Crippen molar-refractivity contribution in [2.45, 2.75) is 19.6 Å². The molecule has 0 saturated carbocycles. The predicted octanol–water partition coefficient (Wildman–Crippen LogP) is 3.39. The van der Waals surface area contributed by atoms with Gasteiger partial charge in [0.15, 0.2) is 0 Å². The predicted molar refractivity (Wildman–Crippen MR) is 58.1 cm³/mol. The van der Waals surface area contributed by atoms with Crippen molar-refractivity contribution in [2.24, 2.45) is 0 Å². The van der Waals surface area contributed by atoms with Crippen LogP contribution in [0.3, 0.4) is 0 Å². The molecule has 2 nitrogen and oxygen atoms in total. The number of carbonyl (C=O) groups excluding carboxylic acids is 1. The fourth-order valence-corrected chi connectivity index (χ4v) is 2.41. The van der Waals surface area contributed by atoms with Gasteiger partial charge in [0, 0.05) is 0 Å². The second kappa shape index (κ2) is 3.82. The van der Waals surface area contributed by atoms with Crippen LogP contribution in [0.5, 0.6) is 0 Å². The highest BCUT2D eigenvalue weighted by Crippen LogP contribution is 2.23. The molecule has 0 aliphatic carbocycles. The first-order valence-electron chi connectivity index (χ1n) is 3.87. The maximum Gasteiger partial charge on any atom is 0.335 e. The molecule has 1 aromatic rings. The van der Waals surface area contributed by atoms with Gasteiger partial charge in [-0.2, -0.15) is 0 Å². The van der Waals surface area contributed by atoms with Crippen LogP contribution < -0.4 is 0 Å². The Kier molecular flexibility index (Phi) is 3.16. The molecule has 0 unspecified atom stereocenters. The van der Waals surface area contributed by atoms with Gasteiger partial charge >= 0.3 is 5.97 Å². The van der Waals surface area contributed by atoms with Crippen molar-refractivity contribution in [3.8, 4) is 0 Å². The Morgan fingerprint density at radius 1 is 1.46 bits per heavy atom. The molecule has 0 aliphatic rings. The zero-order valence-corrected chi connectivity index (χ0v) is 10.3. The average molecular weight is 235 g/mol. The zero-order valence-electron chi connectivity index (χ0n) is 7.76. The topological polar surface area (TPSA) is 26.3 Å². The minimum atomic E-state index is -1.78. The minimum absolute atomic E-state index is 0.254. The largest absolute Gasteiger partial charge is 0.516 e. The van der Waals surface area contributed by atoms with Gasteiger partial charge in [-0.05, 0) is 31.8 Å². The van der Waals surface area contributed by atoms with E-state index >= 15 is 0 Å². The molecule has 0 aromatic carbocycles. The zero-order chi connectivity index (χ0) is 10.1. The lowest BCUT2D eigenvalue weighted by Gasteiger charge is -2.16. The highest BCUT2D eigenvalue weighted by atomic mass is 35.5. The van der Waals surface area contributed by atoms with Crippen molar-refractivity contribution in [2.75, 3.05) is 0 Å². The van der Waals surface area contributed by atoms with Crippen molar-refractivity contribution >= 4 is 37.2 Å². The van der Waals surface area contributed by atoms with Crippen molar-refractivity contribution in [3.63, 3.8) is 0 Å². The monoisotopic (exact) mass is 234 g/mol. The summed E-state index contributed by atoms with van der Waals surface area (Å²) in [5.74, 6) is -0.254. The summed E-state index contributed by atoms with van der Waals surface area (Å²) >= 11 is 6.95. The lowest BCUT2D eigenvalue weighted by atomic mass is 10.5. The van der Waals surface area contributed by atoms with Gasteiger partial charge in [-0.25, -0.2) is 4.79 Å². The van der Waals surface area contributed by atoms with Crippen molar-refractivity contribution in [1.29, 1.82) is 0 Å². The maximum absolute atomic E-state index is 11.4. The molecule has 0 aliphatic heterocycles. The second-order valence-electron chi connectivity index (χ2n) is 3.61.